The number of hydrogen-bond acceptors (Lipinski definition) is 3. The number of unbranched alkanes of at least 4 members (excludes halogenated alkanes) is 5. The number of likely N-dealkylation sites (N-methyl/N-ethyl adjacent to an activating group) is 1. The van der Waals surface area contributed by atoms with E-state index < -0.39 is 5.60 Å². The molecule has 3 N–H and O–H groups in total. The number of nitrogens with one attached hydrogen (secondary N) is 1. The molecule has 0 bridgehead atoms. The monoisotopic (exact) mass is 231 g/mol. The van der Waals surface area contributed by atoms with E-state index in [1.165, 1.54) is 32.1 Å². The van der Waals surface area contributed by atoms with Crippen LogP contribution in [0.15, 0.2) is 0 Å². The van der Waals surface area contributed by atoms with E-state index in [1.54, 1.807) is 0 Å². The molecular formula is C13H29NO2. The van der Waals surface area contributed by atoms with Gasteiger partial charge in [0.15, 0.2) is 0 Å². The lowest BCUT2D eigenvalue weighted by molar-refractivity contribution is 0.00790. The van der Waals surface area contributed by atoms with Crippen LogP contribution in [-0.2, 0) is 0 Å². The molecule has 0 aromatic rings. The molecule has 0 amide bonds. The van der Waals surface area contributed by atoms with Crippen LogP contribution in [-0.4, -0.2) is 36.0 Å². The van der Waals surface area contributed by atoms with Gasteiger partial charge in [-0.15, -0.1) is 0 Å². The van der Waals surface area contributed by atoms with E-state index in [4.69, 9.17) is 5.11 Å². The maximum atomic E-state index is 10.2. The number of hydrogen-bond donors (Lipinski definition) is 3. The van der Waals surface area contributed by atoms with Gasteiger partial charge in [0.1, 0.15) is 0 Å². The summed E-state index contributed by atoms with van der Waals surface area (Å²) >= 11 is 0. The molecule has 3 nitrogen and oxygen atoms in total. The molecular weight excluding hydrogens is 202 g/mol. The average Bonchev–Trinajstić information content (AvgIpc) is 2.24. The van der Waals surface area contributed by atoms with Crippen molar-refractivity contribution < 1.29 is 10.2 Å². The van der Waals surface area contributed by atoms with Gasteiger partial charge in [0, 0.05) is 19.6 Å². The third-order valence-electron chi connectivity index (χ3n) is 3.08. The summed E-state index contributed by atoms with van der Waals surface area (Å²) in [5, 5.41) is 22.1. The Bertz CT molecular complexity index is 145. The molecule has 0 aromatic heterocycles. The quantitative estimate of drug-likeness (QED) is 0.477. The molecule has 0 aliphatic heterocycles. The fourth-order valence-electron chi connectivity index (χ4n) is 2.07. The van der Waals surface area contributed by atoms with E-state index >= 15 is 0 Å². The topological polar surface area (TPSA) is 52.5 Å². The number of aliphatic hydroxyl groups excluding tert-OH is 1. The zero-order valence-electron chi connectivity index (χ0n) is 11.0. The summed E-state index contributed by atoms with van der Waals surface area (Å²) in [6.07, 6.45) is 8.68. The molecule has 0 radical (unpaired) electrons. The Morgan fingerprint density at radius 3 is 2.19 bits per heavy atom. The predicted octanol–water partition coefficient (Wildman–Crippen LogP) is 2.07. The van der Waals surface area contributed by atoms with Crippen LogP contribution >= 0.6 is 0 Å². The van der Waals surface area contributed by atoms with Crippen LogP contribution in [0.5, 0.6) is 0 Å². The van der Waals surface area contributed by atoms with Crippen molar-refractivity contribution in [3.8, 4) is 0 Å². The SMILES string of the molecule is CCCCCCCCC(O)(CCO)CNC. The molecule has 0 aliphatic carbocycles. The van der Waals surface area contributed by atoms with Crippen LogP contribution in [0.1, 0.15) is 58.3 Å². The zero-order valence-corrected chi connectivity index (χ0v) is 11.0. The van der Waals surface area contributed by atoms with E-state index in [-0.39, 0.29) is 6.61 Å². The van der Waals surface area contributed by atoms with Crippen LogP contribution in [0.3, 0.4) is 0 Å². The second kappa shape index (κ2) is 10.1. The summed E-state index contributed by atoms with van der Waals surface area (Å²) < 4.78 is 0. The Morgan fingerprint density at radius 2 is 1.62 bits per heavy atom. The van der Waals surface area contributed by atoms with Gasteiger partial charge in [0.05, 0.1) is 5.60 Å². The molecule has 0 saturated heterocycles. The van der Waals surface area contributed by atoms with E-state index in [0.717, 1.165) is 12.8 Å². The highest BCUT2D eigenvalue weighted by molar-refractivity contribution is 4.80. The van der Waals surface area contributed by atoms with E-state index in [2.05, 4.69) is 12.2 Å². The molecule has 98 valence electrons. The molecule has 3 heteroatoms. The molecule has 0 rings (SSSR count). The highest BCUT2D eigenvalue weighted by atomic mass is 16.3. The van der Waals surface area contributed by atoms with Crippen molar-refractivity contribution in [2.45, 2.75) is 63.9 Å². The molecule has 16 heavy (non-hydrogen) atoms. The fourth-order valence-corrected chi connectivity index (χ4v) is 2.07. The second-order valence-electron chi connectivity index (χ2n) is 4.75. The first kappa shape index (κ1) is 15.9. The van der Waals surface area contributed by atoms with Crippen LogP contribution in [0, 0.1) is 0 Å². The Kier molecular flexibility index (Phi) is 9.99. The molecule has 1 unspecified atom stereocenters. The van der Waals surface area contributed by atoms with Crippen LogP contribution in [0.4, 0.5) is 0 Å². The minimum atomic E-state index is -0.714. The van der Waals surface area contributed by atoms with Gasteiger partial charge < -0.3 is 15.5 Å². The first-order valence-corrected chi connectivity index (χ1v) is 6.66. The number of aliphatic hydroxyl groups is 2. The van der Waals surface area contributed by atoms with Gasteiger partial charge in [0.25, 0.3) is 0 Å². The largest absolute Gasteiger partial charge is 0.396 e. The third kappa shape index (κ3) is 8.08. The molecule has 0 aromatic carbocycles. The summed E-state index contributed by atoms with van der Waals surface area (Å²) in [4.78, 5) is 0. The third-order valence-corrected chi connectivity index (χ3v) is 3.08. The first-order valence-electron chi connectivity index (χ1n) is 6.66. The minimum Gasteiger partial charge on any atom is -0.396 e. The van der Waals surface area contributed by atoms with Gasteiger partial charge in [-0.3, -0.25) is 0 Å². The Morgan fingerprint density at radius 1 is 1.00 bits per heavy atom. The average molecular weight is 231 g/mol. The van der Waals surface area contributed by atoms with Gasteiger partial charge >= 0.3 is 0 Å². The maximum absolute atomic E-state index is 10.2. The van der Waals surface area contributed by atoms with E-state index in [0.29, 0.717) is 13.0 Å². The molecule has 0 heterocycles. The summed E-state index contributed by atoms with van der Waals surface area (Å²) in [5.74, 6) is 0. The maximum Gasteiger partial charge on any atom is 0.0793 e. The van der Waals surface area contributed by atoms with Gasteiger partial charge in [-0.05, 0) is 13.5 Å². The van der Waals surface area contributed by atoms with E-state index in [9.17, 15) is 5.11 Å². The van der Waals surface area contributed by atoms with Gasteiger partial charge in [0.2, 0.25) is 0 Å². The van der Waals surface area contributed by atoms with Gasteiger partial charge in [-0.25, -0.2) is 0 Å². The minimum absolute atomic E-state index is 0.0635. The molecule has 1 atom stereocenters. The van der Waals surface area contributed by atoms with E-state index in [1.807, 2.05) is 7.05 Å². The molecule has 0 fully saturated rings. The highest BCUT2D eigenvalue weighted by Gasteiger charge is 2.24. The Balaban J connectivity index is 3.59. The van der Waals surface area contributed by atoms with Crippen molar-refractivity contribution in [2.24, 2.45) is 0 Å². The molecule has 0 spiro atoms. The summed E-state index contributed by atoms with van der Waals surface area (Å²) in [6, 6.07) is 0. The predicted molar refractivity (Wildman–Crippen MR) is 68.6 cm³/mol. The van der Waals surface area contributed by atoms with Crippen molar-refractivity contribution in [1.82, 2.24) is 5.32 Å². The van der Waals surface area contributed by atoms with Crippen molar-refractivity contribution in [3.63, 3.8) is 0 Å². The van der Waals surface area contributed by atoms with Gasteiger partial charge in [-0.2, -0.15) is 0 Å². The van der Waals surface area contributed by atoms with Crippen LogP contribution in [0.25, 0.3) is 0 Å². The zero-order chi connectivity index (χ0) is 12.3. The molecule has 0 saturated carbocycles. The normalized spacial score (nSPS) is 15.0. The Hall–Kier alpha value is -0.120. The smallest absolute Gasteiger partial charge is 0.0793 e. The summed E-state index contributed by atoms with van der Waals surface area (Å²) in [7, 11) is 1.84. The lowest BCUT2D eigenvalue weighted by Gasteiger charge is -2.27. The molecule has 0 aliphatic rings. The lowest BCUT2D eigenvalue weighted by Crippen LogP contribution is -2.40. The highest BCUT2D eigenvalue weighted by Crippen LogP contribution is 2.19. The fraction of sp³-hybridized carbons (Fsp3) is 1.00. The first-order chi connectivity index (χ1) is 7.68. The van der Waals surface area contributed by atoms with Crippen molar-refractivity contribution in [1.29, 1.82) is 0 Å². The van der Waals surface area contributed by atoms with Crippen LogP contribution < -0.4 is 5.32 Å². The van der Waals surface area contributed by atoms with Crippen molar-refractivity contribution >= 4 is 0 Å². The number of rotatable bonds is 11. The van der Waals surface area contributed by atoms with Gasteiger partial charge in [-0.1, -0.05) is 45.4 Å². The Labute approximate surface area is 100 Å². The lowest BCUT2D eigenvalue weighted by atomic mass is 9.92. The second-order valence-corrected chi connectivity index (χ2v) is 4.75. The van der Waals surface area contributed by atoms with Crippen molar-refractivity contribution in [3.05, 3.63) is 0 Å². The van der Waals surface area contributed by atoms with Crippen LogP contribution in [0.2, 0.25) is 0 Å². The standard InChI is InChI=1S/C13H29NO2/c1-3-4-5-6-7-8-9-13(16,10-11-15)12-14-2/h14-16H,3-12H2,1-2H3. The summed E-state index contributed by atoms with van der Waals surface area (Å²) in [6.45, 7) is 2.85. The summed E-state index contributed by atoms with van der Waals surface area (Å²) in [5.41, 5.74) is -0.714. The van der Waals surface area contributed by atoms with Crippen molar-refractivity contribution in [2.75, 3.05) is 20.2 Å².